The van der Waals surface area contributed by atoms with Gasteiger partial charge in [-0.2, -0.15) is 0 Å². The molecule has 0 aliphatic heterocycles. The number of aromatic nitrogens is 2. The number of para-hydroxylation sites is 1. The molecule has 0 spiro atoms. The molecule has 0 fully saturated rings. The van der Waals surface area contributed by atoms with Crippen LogP contribution in [0.1, 0.15) is 24.1 Å². The zero-order chi connectivity index (χ0) is 20.8. The minimum Gasteiger partial charge on any atom is -0.339 e. The Morgan fingerprint density at radius 3 is 2.48 bits per heavy atom. The van der Waals surface area contributed by atoms with Crippen LogP contribution >= 0.6 is 12.4 Å². The first-order valence-electron chi connectivity index (χ1n) is 11.0. The average Bonchev–Trinajstić information content (AvgIpc) is 3.09. The predicted octanol–water partition coefficient (Wildman–Crippen LogP) is 5.29. The quantitative estimate of drug-likeness (QED) is 0.343. The Labute approximate surface area is 191 Å². The van der Waals surface area contributed by atoms with E-state index in [-0.39, 0.29) is 12.4 Å². The molecule has 4 nitrogen and oxygen atoms in total. The third kappa shape index (κ3) is 5.65. The van der Waals surface area contributed by atoms with Crippen molar-refractivity contribution < 1.29 is 0 Å². The maximum atomic E-state index is 4.77. The molecule has 1 N–H and O–H groups in total. The molecule has 0 radical (unpaired) electrons. The average molecular weight is 437 g/mol. The standard InChI is InChI=1S/C26H32N4.ClH/c1-29(2)18-9-16-27-20-24-26-23(15-17-28-24)22-13-6-7-14-25(22)30(26)19-8-12-21-10-4-3-5-11-21;/h3-7,10-11,13-15,17,27H,8-9,12,16,18-20H2,1-2H3;1H. The van der Waals surface area contributed by atoms with Crippen LogP contribution in [0.3, 0.4) is 0 Å². The van der Waals surface area contributed by atoms with Crippen LogP contribution in [0.5, 0.6) is 0 Å². The number of hydrogen-bond donors (Lipinski definition) is 1. The zero-order valence-electron chi connectivity index (χ0n) is 18.6. The number of nitrogens with one attached hydrogen (secondary N) is 1. The Balaban J connectivity index is 0.00000272. The fraction of sp³-hybridized carbons (Fsp3) is 0.346. The van der Waals surface area contributed by atoms with Crippen molar-refractivity contribution in [1.29, 1.82) is 0 Å². The highest BCUT2D eigenvalue weighted by Gasteiger charge is 2.14. The van der Waals surface area contributed by atoms with E-state index in [1.54, 1.807) is 0 Å². The van der Waals surface area contributed by atoms with Gasteiger partial charge in [0, 0.05) is 35.6 Å². The smallest absolute Gasteiger partial charge is 0.0784 e. The van der Waals surface area contributed by atoms with E-state index in [0.29, 0.717) is 0 Å². The molecule has 2 aromatic carbocycles. The molecule has 0 atom stereocenters. The second-order valence-corrected chi connectivity index (χ2v) is 8.25. The molecule has 0 unspecified atom stereocenters. The summed E-state index contributed by atoms with van der Waals surface area (Å²) in [6, 6.07) is 21.7. The van der Waals surface area contributed by atoms with Gasteiger partial charge in [0.25, 0.3) is 0 Å². The summed E-state index contributed by atoms with van der Waals surface area (Å²) in [6.07, 6.45) is 5.30. The van der Waals surface area contributed by atoms with Crippen LogP contribution in [0.4, 0.5) is 0 Å². The van der Waals surface area contributed by atoms with Gasteiger partial charge in [-0.15, -0.1) is 12.4 Å². The molecule has 5 heteroatoms. The number of fused-ring (bicyclic) bond motifs is 3. The number of aryl methyl sites for hydroxylation is 2. The van der Waals surface area contributed by atoms with Gasteiger partial charge in [0.2, 0.25) is 0 Å². The first-order chi connectivity index (χ1) is 14.7. The van der Waals surface area contributed by atoms with Gasteiger partial charge in [-0.05, 0) is 64.1 Å². The molecule has 0 aliphatic carbocycles. The topological polar surface area (TPSA) is 33.1 Å². The minimum atomic E-state index is 0. The van der Waals surface area contributed by atoms with Crippen LogP contribution in [0.2, 0.25) is 0 Å². The van der Waals surface area contributed by atoms with Crippen LogP contribution in [-0.2, 0) is 19.5 Å². The van der Waals surface area contributed by atoms with Crippen LogP contribution in [0.25, 0.3) is 21.8 Å². The summed E-state index contributed by atoms with van der Waals surface area (Å²) in [5.41, 5.74) is 5.14. The first kappa shape index (κ1) is 23.3. The lowest BCUT2D eigenvalue weighted by atomic mass is 10.1. The first-order valence-corrected chi connectivity index (χ1v) is 11.0. The van der Waals surface area contributed by atoms with E-state index >= 15 is 0 Å². The van der Waals surface area contributed by atoms with Crippen molar-refractivity contribution in [2.24, 2.45) is 0 Å². The summed E-state index contributed by atoms with van der Waals surface area (Å²) in [5.74, 6) is 0. The monoisotopic (exact) mass is 436 g/mol. The number of hydrogen-bond acceptors (Lipinski definition) is 3. The molecular formula is C26H33ClN4. The second-order valence-electron chi connectivity index (χ2n) is 8.25. The third-order valence-electron chi connectivity index (χ3n) is 5.70. The largest absolute Gasteiger partial charge is 0.339 e. The Kier molecular flexibility index (Phi) is 8.47. The molecule has 164 valence electrons. The molecule has 4 rings (SSSR count). The van der Waals surface area contributed by atoms with E-state index < -0.39 is 0 Å². The summed E-state index contributed by atoms with van der Waals surface area (Å²) < 4.78 is 2.48. The zero-order valence-corrected chi connectivity index (χ0v) is 19.4. The lowest BCUT2D eigenvalue weighted by Gasteiger charge is -2.12. The SMILES string of the molecule is CN(C)CCCNCc1nccc2c3ccccc3n(CCCc3ccccc3)c12.Cl. The molecule has 0 aliphatic rings. The van der Waals surface area contributed by atoms with Crippen molar-refractivity contribution in [1.82, 2.24) is 19.8 Å². The maximum Gasteiger partial charge on any atom is 0.0784 e. The van der Waals surface area contributed by atoms with Crippen LogP contribution in [0.15, 0.2) is 66.9 Å². The molecular weight excluding hydrogens is 404 g/mol. The molecule has 4 aromatic rings. The van der Waals surface area contributed by atoms with Crippen molar-refractivity contribution >= 4 is 34.2 Å². The van der Waals surface area contributed by atoms with Gasteiger partial charge >= 0.3 is 0 Å². The van der Waals surface area contributed by atoms with Crippen molar-refractivity contribution in [3.8, 4) is 0 Å². The Morgan fingerprint density at radius 1 is 0.903 bits per heavy atom. The lowest BCUT2D eigenvalue weighted by Crippen LogP contribution is -2.21. The van der Waals surface area contributed by atoms with Gasteiger partial charge in [-0.25, -0.2) is 0 Å². The number of halogens is 1. The van der Waals surface area contributed by atoms with Crippen molar-refractivity contribution in [2.45, 2.75) is 32.4 Å². The number of nitrogens with zero attached hydrogens (tertiary/aromatic N) is 3. The molecule has 0 bridgehead atoms. The highest BCUT2D eigenvalue weighted by molar-refractivity contribution is 6.08. The van der Waals surface area contributed by atoms with Gasteiger partial charge in [-0.1, -0.05) is 48.5 Å². The summed E-state index contributed by atoms with van der Waals surface area (Å²) in [4.78, 5) is 7.00. The number of pyridine rings is 1. The van der Waals surface area contributed by atoms with Gasteiger partial charge in [0.15, 0.2) is 0 Å². The van der Waals surface area contributed by atoms with Crippen molar-refractivity contribution in [2.75, 3.05) is 27.2 Å². The van der Waals surface area contributed by atoms with Crippen LogP contribution in [0, 0.1) is 0 Å². The fourth-order valence-electron chi connectivity index (χ4n) is 4.25. The van der Waals surface area contributed by atoms with Gasteiger partial charge in [0.1, 0.15) is 0 Å². The Bertz CT molecular complexity index is 1090. The Morgan fingerprint density at radius 2 is 1.68 bits per heavy atom. The highest BCUT2D eigenvalue weighted by atomic mass is 35.5. The Hall–Kier alpha value is -2.40. The minimum absolute atomic E-state index is 0. The summed E-state index contributed by atoms with van der Waals surface area (Å²) >= 11 is 0. The highest BCUT2D eigenvalue weighted by Crippen LogP contribution is 2.30. The third-order valence-corrected chi connectivity index (χ3v) is 5.70. The van der Waals surface area contributed by atoms with Gasteiger partial charge in [-0.3, -0.25) is 4.98 Å². The van der Waals surface area contributed by atoms with Gasteiger partial charge in [0.05, 0.1) is 11.2 Å². The van der Waals surface area contributed by atoms with E-state index in [1.807, 2.05) is 6.20 Å². The molecule has 0 saturated carbocycles. The fourth-order valence-corrected chi connectivity index (χ4v) is 4.25. The van der Waals surface area contributed by atoms with E-state index in [1.165, 1.54) is 27.4 Å². The molecule has 0 amide bonds. The normalized spacial score (nSPS) is 11.3. The summed E-state index contributed by atoms with van der Waals surface area (Å²) in [5, 5.41) is 6.23. The van der Waals surface area contributed by atoms with Crippen LogP contribution < -0.4 is 5.32 Å². The second kappa shape index (κ2) is 11.3. The number of benzene rings is 2. The lowest BCUT2D eigenvalue weighted by molar-refractivity contribution is 0.394. The van der Waals surface area contributed by atoms with Crippen LogP contribution in [-0.4, -0.2) is 41.6 Å². The molecule has 2 aromatic heterocycles. The summed E-state index contributed by atoms with van der Waals surface area (Å²) in [6.45, 7) is 3.91. The van der Waals surface area contributed by atoms with E-state index in [2.05, 4.69) is 89.5 Å². The molecule has 0 saturated heterocycles. The molecule has 2 heterocycles. The summed E-state index contributed by atoms with van der Waals surface area (Å²) in [7, 11) is 4.24. The van der Waals surface area contributed by atoms with Gasteiger partial charge < -0.3 is 14.8 Å². The number of rotatable bonds is 10. The van der Waals surface area contributed by atoms with E-state index in [0.717, 1.165) is 51.1 Å². The predicted molar refractivity (Wildman–Crippen MR) is 134 cm³/mol. The van der Waals surface area contributed by atoms with E-state index in [9.17, 15) is 0 Å². The van der Waals surface area contributed by atoms with Crippen molar-refractivity contribution in [3.63, 3.8) is 0 Å². The molecule has 31 heavy (non-hydrogen) atoms. The maximum absolute atomic E-state index is 4.77. The van der Waals surface area contributed by atoms with Crippen molar-refractivity contribution in [3.05, 3.63) is 78.1 Å². The van der Waals surface area contributed by atoms with E-state index in [4.69, 9.17) is 4.98 Å².